The fourth-order valence-corrected chi connectivity index (χ4v) is 3.64. The van der Waals surface area contributed by atoms with Gasteiger partial charge in [-0.25, -0.2) is 4.39 Å². The third-order valence-corrected chi connectivity index (χ3v) is 5.46. The predicted molar refractivity (Wildman–Crippen MR) is 119 cm³/mol. The van der Waals surface area contributed by atoms with E-state index in [1.807, 2.05) is 0 Å². The molecule has 1 fully saturated rings. The van der Waals surface area contributed by atoms with Crippen LogP contribution in [0.4, 0.5) is 10.1 Å². The zero-order valence-electron chi connectivity index (χ0n) is 17.3. The number of likely N-dealkylation sites (N-methyl/N-ethyl adjacent to an activating group) is 2. The van der Waals surface area contributed by atoms with Crippen molar-refractivity contribution in [1.29, 1.82) is 0 Å². The Morgan fingerprint density at radius 3 is 2.80 bits per heavy atom. The largest absolute Gasteiger partial charge is 0.506 e. The molecule has 8 nitrogen and oxygen atoms in total. The summed E-state index contributed by atoms with van der Waals surface area (Å²) in [5.74, 6) is 2.18. The van der Waals surface area contributed by atoms with Crippen LogP contribution < -0.4 is 15.5 Å². The van der Waals surface area contributed by atoms with E-state index in [9.17, 15) is 24.2 Å². The van der Waals surface area contributed by atoms with E-state index in [0.29, 0.717) is 25.2 Å². The first-order valence-corrected chi connectivity index (χ1v) is 10.6. The van der Waals surface area contributed by atoms with Gasteiger partial charge in [0, 0.05) is 39.8 Å². The fourth-order valence-electron chi connectivity index (χ4n) is 3.42. The van der Waals surface area contributed by atoms with Gasteiger partial charge in [-0.05, 0) is 36.4 Å². The number of likely N-dealkylation sites (tertiary alicyclic amines) is 1. The van der Waals surface area contributed by atoms with Crippen molar-refractivity contribution in [2.75, 3.05) is 38.6 Å². The summed E-state index contributed by atoms with van der Waals surface area (Å²) >= 11 is 0. The molecule has 2 amide bonds. The van der Waals surface area contributed by atoms with Crippen molar-refractivity contribution in [3.05, 3.63) is 23.5 Å². The summed E-state index contributed by atoms with van der Waals surface area (Å²) in [5.41, 5.74) is 0.529. The first-order chi connectivity index (χ1) is 14.2. The van der Waals surface area contributed by atoms with Crippen molar-refractivity contribution in [3.8, 4) is 5.75 Å². The number of carbonyl (C=O) groups excluding carboxylic acids is 2. The molecular formula is C20H29FN4O4S. The molecule has 166 valence electrons. The van der Waals surface area contributed by atoms with E-state index in [-0.39, 0.29) is 47.3 Å². The van der Waals surface area contributed by atoms with Gasteiger partial charge < -0.3 is 30.6 Å². The number of hydrogen-bond donors (Lipinski definition) is 4. The number of phenolic OH excluding ortho intramolecular Hbond substituents is 1. The molecule has 0 aliphatic carbocycles. The number of nitrogens with one attached hydrogen (secondary N) is 2. The molecule has 0 radical (unpaired) electrons. The molecule has 1 aromatic rings. The van der Waals surface area contributed by atoms with Gasteiger partial charge in [-0.3, -0.25) is 9.59 Å². The van der Waals surface area contributed by atoms with Gasteiger partial charge >= 0.3 is 0 Å². The van der Waals surface area contributed by atoms with E-state index in [0.717, 1.165) is 23.8 Å². The number of rotatable bonds is 8. The lowest BCUT2D eigenvalue weighted by Gasteiger charge is -2.33. The van der Waals surface area contributed by atoms with Crippen molar-refractivity contribution < 1.29 is 24.2 Å². The number of anilines is 1. The van der Waals surface area contributed by atoms with Crippen LogP contribution >= 0.6 is 10.9 Å². The zero-order valence-corrected chi connectivity index (χ0v) is 18.1. The van der Waals surface area contributed by atoms with E-state index in [2.05, 4.69) is 16.5 Å². The van der Waals surface area contributed by atoms with Crippen molar-refractivity contribution in [2.45, 2.75) is 31.8 Å². The second kappa shape index (κ2) is 11.1. The molecule has 0 spiro atoms. The summed E-state index contributed by atoms with van der Waals surface area (Å²) < 4.78 is 14.6. The maximum atomic E-state index is 14.6. The number of hydrogen-bond acceptors (Lipinski definition) is 5. The molecule has 0 saturated carbocycles. The topological polar surface area (TPSA) is 105 Å². The number of carbonyl (C=O) groups is 2. The monoisotopic (exact) mass is 440 g/mol. The van der Waals surface area contributed by atoms with E-state index >= 15 is 0 Å². The maximum absolute atomic E-state index is 14.6. The van der Waals surface area contributed by atoms with Gasteiger partial charge in [0.05, 0.1) is 13.0 Å². The third kappa shape index (κ3) is 6.54. The zero-order chi connectivity index (χ0) is 22.3. The molecule has 0 unspecified atom stereocenters. The SMILES string of the molecule is C=S=C(O)CC(=O)N1CCC[C@H](NCc2cc(O)c(N(C)CC(=O)NC)c(F)c2)C1. The lowest BCUT2D eigenvalue weighted by Crippen LogP contribution is -2.48. The van der Waals surface area contributed by atoms with Gasteiger partial charge in [0.1, 0.15) is 16.5 Å². The molecule has 1 heterocycles. The number of aromatic hydroxyl groups is 1. The summed E-state index contributed by atoms with van der Waals surface area (Å²) in [6, 6.07) is 2.82. The number of piperidine rings is 1. The highest BCUT2D eigenvalue weighted by Gasteiger charge is 2.24. The van der Waals surface area contributed by atoms with Gasteiger partial charge in [-0.1, -0.05) is 0 Å². The number of aliphatic hydroxyl groups is 1. The van der Waals surface area contributed by atoms with Crippen LogP contribution in [0.1, 0.15) is 24.8 Å². The van der Waals surface area contributed by atoms with Crippen molar-refractivity contribution in [1.82, 2.24) is 15.5 Å². The molecule has 10 heteroatoms. The molecule has 1 saturated heterocycles. The average molecular weight is 441 g/mol. The van der Waals surface area contributed by atoms with Gasteiger partial charge in [-0.15, -0.1) is 10.9 Å². The van der Waals surface area contributed by atoms with E-state index in [1.165, 1.54) is 31.1 Å². The Bertz CT molecular complexity index is 821. The first-order valence-electron chi connectivity index (χ1n) is 9.66. The molecule has 1 atom stereocenters. The lowest BCUT2D eigenvalue weighted by atomic mass is 10.0. The number of halogens is 1. The standard InChI is InChI=1S/C20H29FN4O4S/c1-22-17(27)12-24(2)20-15(21)7-13(8-16(20)26)10-23-14-5-4-6-25(11-14)18(28)9-19(29)30-3/h7-8,14,23,26,29H,3-6,9-12H2,1-2H3,(H,22,27)/t14-/m0/s1. The minimum absolute atomic E-state index is 0.0116. The molecule has 1 aromatic carbocycles. The Hall–Kier alpha value is -2.43. The summed E-state index contributed by atoms with van der Waals surface area (Å²) in [6.07, 6.45) is 1.64. The first kappa shape index (κ1) is 23.8. The van der Waals surface area contributed by atoms with Crippen molar-refractivity contribution >= 4 is 39.4 Å². The van der Waals surface area contributed by atoms with Gasteiger partial charge in [0.2, 0.25) is 11.8 Å². The summed E-state index contributed by atoms with van der Waals surface area (Å²) in [6.45, 7) is 1.37. The fraction of sp³-hybridized carbons (Fsp3) is 0.500. The van der Waals surface area contributed by atoms with Crippen molar-refractivity contribution in [2.24, 2.45) is 0 Å². The van der Waals surface area contributed by atoms with Gasteiger partial charge in [0.15, 0.2) is 5.82 Å². The highest BCUT2D eigenvalue weighted by molar-refractivity contribution is 7.95. The Morgan fingerprint density at radius 1 is 1.43 bits per heavy atom. The highest BCUT2D eigenvalue weighted by Crippen LogP contribution is 2.31. The highest BCUT2D eigenvalue weighted by atomic mass is 32.1. The smallest absolute Gasteiger partial charge is 0.239 e. The maximum Gasteiger partial charge on any atom is 0.239 e. The second-order valence-corrected chi connectivity index (χ2v) is 8.01. The van der Waals surface area contributed by atoms with Crippen LogP contribution in [0.15, 0.2) is 12.1 Å². The van der Waals surface area contributed by atoms with E-state index in [1.54, 1.807) is 4.90 Å². The minimum Gasteiger partial charge on any atom is -0.506 e. The molecule has 0 aromatic heterocycles. The van der Waals surface area contributed by atoms with Crippen LogP contribution in [0.25, 0.3) is 0 Å². The number of benzene rings is 1. The van der Waals surface area contributed by atoms with E-state index < -0.39 is 5.82 Å². The average Bonchev–Trinajstić information content (AvgIpc) is 2.71. The van der Waals surface area contributed by atoms with Gasteiger partial charge in [-0.2, -0.15) is 0 Å². The number of amides is 2. The van der Waals surface area contributed by atoms with Crippen LogP contribution in [-0.4, -0.2) is 77.6 Å². The van der Waals surface area contributed by atoms with Gasteiger partial charge in [0.25, 0.3) is 0 Å². The number of aliphatic hydroxyl groups excluding tert-OH is 1. The van der Waals surface area contributed by atoms with E-state index in [4.69, 9.17) is 0 Å². The Kier molecular flexibility index (Phi) is 8.82. The number of phenols is 1. The normalized spacial score (nSPS) is 16.1. The summed E-state index contributed by atoms with van der Waals surface area (Å²) in [4.78, 5) is 26.8. The quantitative estimate of drug-likeness (QED) is 0.450. The Morgan fingerprint density at radius 2 is 2.17 bits per heavy atom. The number of nitrogens with zero attached hydrogens (tertiary/aromatic N) is 2. The third-order valence-electron chi connectivity index (χ3n) is 4.98. The summed E-state index contributed by atoms with van der Waals surface area (Å²) in [5, 5.41) is 25.5. The summed E-state index contributed by atoms with van der Waals surface area (Å²) in [7, 11) is 3.93. The molecule has 1 aliphatic heterocycles. The molecular weight excluding hydrogens is 411 g/mol. The molecule has 1 aliphatic rings. The van der Waals surface area contributed by atoms with Crippen molar-refractivity contribution in [3.63, 3.8) is 0 Å². The van der Waals surface area contributed by atoms with Crippen LogP contribution in [0, 0.1) is 5.82 Å². The molecule has 0 bridgehead atoms. The second-order valence-electron chi connectivity index (χ2n) is 7.25. The minimum atomic E-state index is -0.615. The Balaban J connectivity index is 1.98. The molecule has 30 heavy (non-hydrogen) atoms. The van der Waals surface area contributed by atoms with Crippen LogP contribution in [-0.2, 0) is 16.1 Å². The predicted octanol–water partition coefficient (Wildman–Crippen LogP) is 1.04. The van der Waals surface area contributed by atoms with Crippen LogP contribution in [0.2, 0.25) is 0 Å². The lowest BCUT2D eigenvalue weighted by molar-refractivity contribution is -0.131. The molecule has 2 rings (SSSR count). The van der Waals surface area contributed by atoms with Crippen LogP contribution in [0.3, 0.4) is 0 Å². The van der Waals surface area contributed by atoms with Crippen LogP contribution in [0.5, 0.6) is 5.75 Å². The molecule has 4 N–H and O–H groups in total. The Labute approximate surface area is 179 Å².